The van der Waals surface area contributed by atoms with Gasteiger partial charge in [0.15, 0.2) is 0 Å². The van der Waals surface area contributed by atoms with E-state index < -0.39 is 10.0 Å². The Kier molecular flexibility index (Phi) is 5.07. The Hall–Kier alpha value is -0.950. The molecule has 0 fully saturated rings. The molecule has 1 aromatic rings. The number of nitrogens with two attached hydrogens (primary N) is 1. The van der Waals surface area contributed by atoms with E-state index in [0.717, 1.165) is 5.56 Å². The van der Waals surface area contributed by atoms with E-state index in [4.69, 9.17) is 10.5 Å². The number of hydrogen-bond donors (Lipinski definition) is 2. The van der Waals surface area contributed by atoms with E-state index in [0.29, 0.717) is 18.7 Å². The van der Waals surface area contributed by atoms with Crippen LogP contribution in [0.1, 0.15) is 11.1 Å². The summed E-state index contributed by atoms with van der Waals surface area (Å²) in [5, 5.41) is 0. The predicted octanol–water partition coefficient (Wildman–Crippen LogP) is 0.378. The molecule has 0 amide bonds. The van der Waals surface area contributed by atoms with Crippen LogP contribution in [0, 0.1) is 6.92 Å². The summed E-state index contributed by atoms with van der Waals surface area (Å²) >= 11 is 0. The molecule has 0 aliphatic rings. The number of hydrogen-bond acceptors (Lipinski definition) is 4. The van der Waals surface area contributed by atoms with Gasteiger partial charge in [-0.15, -0.1) is 0 Å². The van der Waals surface area contributed by atoms with Gasteiger partial charge in [-0.2, -0.15) is 0 Å². The van der Waals surface area contributed by atoms with Crippen LogP contribution in [-0.4, -0.2) is 28.7 Å². The molecular formula is C11H18N2O3S. The molecule has 5 nitrogen and oxygen atoms in total. The zero-order valence-electron chi connectivity index (χ0n) is 10.1. The number of ether oxygens (including phenoxy) is 1. The van der Waals surface area contributed by atoms with Gasteiger partial charge in [-0.05, 0) is 24.1 Å². The summed E-state index contributed by atoms with van der Waals surface area (Å²) in [5.41, 5.74) is 7.08. The number of rotatable bonds is 6. The van der Waals surface area contributed by atoms with Gasteiger partial charge >= 0.3 is 0 Å². The van der Waals surface area contributed by atoms with Crippen LogP contribution in [-0.2, 0) is 21.3 Å². The van der Waals surface area contributed by atoms with Gasteiger partial charge < -0.3 is 10.5 Å². The third kappa shape index (κ3) is 3.50. The molecule has 0 radical (unpaired) electrons. The van der Waals surface area contributed by atoms with Gasteiger partial charge in [-0.3, -0.25) is 0 Å². The van der Waals surface area contributed by atoms with Gasteiger partial charge in [0.1, 0.15) is 0 Å². The second-order valence-corrected chi connectivity index (χ2v) is 5.37. The molecule has 0 aliphatic heterocycles. The summed E-state index contributed by atoms with van der Waals surface area (Å²) in [5.74, 6) is 0. The van der Waals surface area contributed by atoms with E-state index in [1.807, 2.05) is 6.07 Å². The standard InChI is InChI=1S/C11H18N2O3S/c1-9-10(8-12)4-3-5-11(9)17(14,15)13-6-7-16-2/h3-5,13H,6-8,12H2,1-2H3. The molecule has 1 aromatic carbocycles. The number of sulfonamides is 1. The van der Waals surface area contributed by atoms with Crippen molar-refractivity contribution < 1.29 is 13.2 Å². The quantitative estimate of drug-likeness (QED) is 0.723. The monoisotopic (exact) mass is 258 g/mol. The van der Waals surface area contributed by atoms with Crippen LogP contribution in [0.3, 0.4) is 0 Å². The Bertz CT molecular complexity index is 472. The molecule has 96 valence electrons. The van der Waals surface area contributed by atoms with Crippen LogP contribution >= 0.6 is 0 Å². The molecule has 1 rings (SSSR count). The summed E-state index contributed by atoms with van der Waals surface area (Å²) in [6.45, 7) is 2.68. The Morgan fingerprint density at radius 3 is 2.71 bits per heavy atom. The topological polar surface area (TPSA) is 81.4 Å². The first kappa shape index (κ1) is 14.1. The highest BCUT2D eigenvalue weighted by Gasteiger charge is 2.17. The molecule has 3 N–H and O–H groups in total. The number of nitrogens with one attached hydrogen (secondary N) is 1. The minimum atomic E-state index is -3.48. The average Bonchev–Trinajstić information content (AvgIpc) is 2.29. The molecule has 0 aliphatic carbocycles. The van der Waals surface area contributed by atoms with Crippen LogP contribution in [0.5, 0.6) is 0 Å². The first-order chi connectivity index (χ1) is 8.03. The summed E-state index contributed by atoms with van der Waals surface area (Å²) in [7, 11) is -1.96. The maximum Gasteiger partial charge on any atom is 0.240 e. The molecule has 17 heavy (non-hydrogen) atoms. The van der Waals surface area contributed by atoms with Crippen molar-refractivity contribution >= 4 is 10.0 Å². The van der Waals surface area contributed by atoms with E-state index >= 15 is 0 Å². The van der Waals surface area contributed by atoms with Gasteiger partial charge in [-0.1, -0.05) is 12.1 Å². The largest absolute Gasteiger partial charge is 0.383 e. The normalized spacial score (nSPS) is 11.7. The summed E-state index contributed by atoms with van der Waals surface area (Å²) < 4.78 is 31.3. The molecular weight excluding hydrogens is 240 g/mol. The first-order valence-corrected chi connectivity index (χ1v) is 6.78. The van der Waals surface area contributed by atoms with Crippen molar-refractivity contribution in [3.05, 3.63) is 29.3 Å². The smallest absolute Gasteiger partial charge is 0.240 e. The van der Waals surface area contributed by atoms with Crippen LogP contribution in [0.4, 0.5) is 0 Å². The van der Waals surface area contributed by atoms with E-state index in [9.17, 15) is 8.42 Å². The van der Waals surface area contributed by atoms with Crippen LogP contribution in [0.2, 0.25) is 0 Å². The third-order valence-electron chi connectivity index (χ3n) is 2.50. The minimum absolute atomic E-state index is 0.255. The number of benzene rings is 1. The van der Waals surface area contributed by atoms with Crippen molar-refractivity contribution in [3.63, 3.8) is 0 Å². The average molecular weight is 258 g/mol. The lowest BCUT2D eigenvalue weighted by molar-refractivity contribution is 0.204. The van der Waals surface area contributed by atoms with Gasteiger partial charge in [0, 0.05) is 20.2 Å². The third-order valence-corrected chi connectivity index (χ3v) is 4.11. The summed E-state index contributed by atoms with van der Waals surface area (Å²) in [6, 6.07) is 5.09. The number of methoxy groups -OCH3 is 1. The molecule has 6 heteroatoms. The molecule has 0 atom stereocenters. The maximum atomic E-state index is 12.0. The lowest BCUT2D eigenvalue weighted by atomic mass is 10.1. The fourth-order valence-electron chi connectivity index (χ4n) is 1.53. The van der Waals surface area contributed by atoms with E-state index in [1.165, 1.54) is 7.11 Å². The second kappa shape index (κ2) is 6.11. The van der Waals surface area contributed by atoms with Crippen LogP contribution < -0.4 is 10.5 Å². The second-order valence-electron chi connectivity index (χ2n) is 3.63. The Balaban J connectivity index is 2.99. The Morgan fingerprint density at radius 2 is 2.12 bits per heavy atom. The fraction of sp³-hybridized carbons (Fsp3) is 0.455. The SMILES string of the molecule is COCCNS(=O)(=O)c1cccc(CN)c1C. The molecule has 0 spiro atoms. The predicted molar refractivity (Wildman–Crippen MR) is 66.1 cm³/mol. The van der Waals surface area contributed by atoms with Gasteiger partial charge in [0.2, 0.25) is 10.0 Å². The fourth-order valence-corrected chi connectivity index (χ4v) is 2.83. The van der Waals surface area contributed by atoms with Crippen molar-refractivity contribution in [1.29, 1.82) is 0 Å². The Labute approximate surface area is 102 Å². The maximum absolute atomic E-state index is 12.0. The highest BCUT2D eigenvalue weighted by atomic mass is 32.2. The van der Waals surface area contributed by atoms with Gasteiger partial charge in [-0.25, -0.2) is 13.1 Å². The van der Waals surface area contributed by atoms with E-state index in [2.05, 4.69) is 4.72 Å². The summed E-state index contributed by atoms with van der Waals surface area (Å²) in [6.07, 6.45) is 0. The molecule has 0 heterocycles. The highest BCUT2D eigenvalue weighted by Crippen LogP contribution is 2.18. The minimum Gasteiger partial charge on any atom is -0.383 e. The van der Waals surface area contributed by atoms with Crippen molar-refractivity contribution in [3.8, 4) is 0 Å². The van der Waals surface area contributed by atoms with Gasteiger partial charge in [0.05, 0.1) is 11.5 Å². The zero-order valence-corrected chi connectivity index (χ0v) is 10.9. The van der Waals surface area contributed by atoms with Crippen molar-refractivity contribution in [2.45, 2.75) is 18.4 Å². The lowest BCUT2D eigenvalue weighted by Gasteiger charge is -2.11. The molecule has 0 bridgehead atoms. The van der Waals surface area contributed by atoms with Crippen LogP contribution in [0.25, 0.3) is 0 Å². The summed E-state index contributed by atoms with van der Waals surface area (Å²) in [4.78, 5) is 0.275. The van der Waals surface area contributed by atoms with E-state index in [1.54, 1.807) is 19.1 Å². The highest BCUT2D eigenvalue weighted by molar-refractivity contribution is 7.89. The van der Waals surface area contributed by atoms with Crippen molar-refractivity contribution in [2.24, 2.45) is 5.73 Å². The zero-order chi connectivity index (χ0) is 12.9. The molecule has 0 saturated carbocycles. The van der Waals surface area contributed by atoms with Crippen molar-refractivity contribution in [1.82, 2.24) is 4.72 Å². The van der Waals surface area contributed by atoms with Crippen molar-refractivity contribution in [2.75, 3.05) is 20.3 Å². The molecule has 0 saturated heterocycles. The van der Waals surface area contributed by atoms with Gasteiger partial charge in [0.25, 0.3) is 0 Å². The first-order valence-electron chi connectivity index (χ1n) is 5.30. The molecule has 0 aromatic heterocycles. The molecule has 0 unspecified atom stereocenters. The van der Waals surface area contributed by atoms with Crippen LogP contribution in [0.15, 0.2) is 23.1 Å². The Morgan fingerprint density at radius 1 is 1.41 bits per heavy atom. The lowest BCUT2D eigenvalue weighted by Crippen LogP contribution is -2.28. The van der Waals surface area contributed by atoms with E-state index in [-0.39, 0.29) is 11.4 Å².